The highest BCUT2D eigenvalue weighted by Gasteiger charge is 2.14. The van der Waals surface area contributed by atoms with Gasteiger partial charge in [0.05, 0.1) is 36.2 Å². The number of anilines is 1. The Kier molecular flexibility index (Phi) is 6.04. The molecule has 1 amide bonds. The third-order valence-corrected chi connectivity index (χ3v) is 5.59. The third kappa shape index (κ3) is 4.73. The standard InChI is InChI=1S/C26H23N5O2/c32-26(30-28-18-19-5-7-21(8-6-19)31-13-15-33-16-14-31)23-17-25(20-9-11-27-12-10-20)29-24-4-2-1-3-22(23)24/h1-12,17-18H,13-16H2,(H,30,32)/b28-18-. The molecule has 1 N–H and O–H groups in total. The average Bonchev–Trinajstić information content (AvgIpc) is 2.89. The molecule has 0 spiro atoms. The second-order valence-electron chi connectivity index (χ2n) is 7.70. The van der Waals surface area contributed by atoms with Crippen LogP contribution in [0.4, 0.5) is 5.69 Å². The predicted molar refractivity (Wildman–Crippen MR) is 130 cm³/mol. The molecule has 1 fully saturated rings. The molecule has 0 radical (unpaired) electrons. The average molecular weight is 438 g/mol. The van der Waals surface area contributed by atoms with Gasteiger partial charge in [0.25, 0.3) is 5.91 Å². The zero-order chi connectivity index (χ0) is 22.5. The molecule has 0 saturated carbocycles. The summed E-state index contributed by atoms with van der Waals surface area (Å²) in [5, 5.41) is 4.96. The number of morpholine rings is 1. The lowest BCUT2D eigenvalue weighted by Gasteiger charge is -2.28. The summed E-state index contributed by atoms with van der Waals surface area (Å²) in [6.45, 7) is 3.29. The molecule has 1 aliphatic heterocycles. The highest BCUT2D eigenvalue weighted by Crippen LogP contribution is 2.24. The highest BCUT2D eigenvalue weighted by molar-refractivity contribution is 6.07. The van der Waals surface area contributed by atoms with Crippen molar-refractivity contribution in [2.75, 3.05) is 31.2 Å². The van der Waals surface area contributed by atoms with E-state index in [0.29, 0.717) is 11.3 Å². The van der Waals surface area contributed by atoms with Crippen LogP contribution in [0, 0.1) is 0 Å². The number of amides is 1. The number of benzene rings is 2. The van der Waals surface area contributed by atoms with E-state index in [1.54, 1.807) is 24.7 Å². The number of carbonyl (C=O) groups is 1. The number of hydrogen-bond donors (Lipinski definition) is 1. The van der Waals surface area contributed by atoms with Crippen molar-refractivity contribution in [3.63, 3.8) is 0 Å². The van der Waals surface area contributed by atoms with E-state index in [1.807, 2.05) is 48.5 Å². The van der Waals surface area contributed by atoms with Gasteiger partial charge in [0.15, 0.2) is 0 Å². The topological polar surface area (TPSA) is 79.7 Å². The Morgan fingerprint density at radius 1 is 1.00 bits per heavy atom. The quantitative estimate of drug-likeness (QED) is 0.378. The zero-order valence-corrected chi connectivity index (χ0v) is 18.0. The van der Waals surface area contributed by atoms with Gasteiger partial charge in [0.2, 0.25) is 0 Å². The van der Waals surface area contributed by atoms with Gasteiger partial charge in [-0.15, -0.1) is 0 Å². The molecule has 164 valence electrons. The van der Waals surface area contributed by atoms with Gasteiger partial charge in [-0.05, 0) is 42.0 Å². The van der Waals surface area contributed by atoms with E-state index < -0.39 is 0 Å². The molecule has 3 heterocycles. The molecule has 0 aliphatic carbocycles. The van der Waals surface area contributed by atoms with Crippen molar-refractivity contribution in [1.29, 1.82) is 0 Å². The van der Waals surface area contributed by atoms with Gasteiger partial charge in [-0.3, -0.25) is 9.78 Å². The van der Waals surface area contributed by atoms with Crippen molar-refractivity contribution in [2.45, 2.75) is 0 Å². The summed E-state index contributed by atoms with van der Waals surface area (Å²) in [6, 6.07) is 21.2. The molecule has 1 saturated heterocycles. The fraction of sp³-hybridized carbons (Fsp3) is 0.154. The number of hydrazone groups is 1. The first-order valence-corrected chi connectivity index (χ1v) is 10.8. The van der Waals surface area contributed by atoms with Crippen LogP contribution in [0.25, 0.3) is 22.2 Å². The molecule has 2 aromatic heterocycles. The molecule has 5 rings (SSSR count). The third-order valence-electron chi connectivity index (χ3n) is 5.59. The molecule has 4 aromatic rings. The number of para-hydroxylation sites is 1. The molecule has 0 unspecified atom stereocenters. The molecule has 7 nitrogen and oxygen atoms in total. The van der Waals surface area contributed by atoms with Crippen LogP contribution in [0.5, 0.6) is 0 Å². The molecule has 0 atom stereocenters. The molecule has 33 heavy (non-hydrogen) atoms. The van der Waals surface area contributed by atoms with Crippen molar-refractivity contribution in [3.8, 4) is 11.3 Å². The van der Waals surface area contributed by atoms with Crippen LogP contribution in [0.3, 0.4) is 0 Å². The molecule has 1 aliphatic rings. The summed E-state index contributed by atoms with van der Waals surface area (Å²) < 4.78 is 5.41. The van der Waals surface area contributed by atoms with Crippen LogP contribution >= 0.6 is 0 Å². The van der Waals surface area contributed by atoms with Gasteiger partial charge in [-0.2, -0.15) is 5.10 Å². The number of rotatable bonds is 5. The first-order chi connectivity index (χ1) is 16.3. The van der Waals surface area contributed by atoms with Gasteiger partial charge in [-0.25, -0.2) is 10.4 Å². The summed E-state index contributed by atoms with van der Waals surface area (Å²) in [4.78, 5) is 24.1. The lowest BCUT2D eigenvalue weighted by atomic mass is 10.0. The van der Waals surface area contributed by atoms with Crippen LogP contribution < -0.4 is 10.3 Å². The summed E-state index contributed by atoms with van der Waals surface area (Å²) >= 11 is 0. The van der Waals surface area contributed by atoms with Crippen LogP contribution in [-0.2, 0) is 4.74 Å². The minimum atomic E-state index is -0.287. The molecule has 0 bridgehead atoms. The largest absolute Gasteiger partial charge is 0.378 e. The van der Waals surface area contributed by atoms with E-state index in [9.17, 15) is 4.79 Å². The smallest absolute Gasteiger partial charge is 0.272 e. The van der Waals surface area contributed by atoms with E-state index in [2.05, 4.69) is 32.5 Å². The van der Waals surface area contributed by atoms with Gasteiger partial charge in [0, 0.05) is 42.1 Å². The fourth-order valence-corrected chi connectivity index (χ4v) is 3.85. The Labute approximate surface area is 191 Å². The fourth-order valence-electron chi connectivity index (χ4n) is 3.85. The Balaban J connectivity index is 1.34. The minimum Gasteiger partial charge on any atom is -0.378 e. The van der Waals surface area contributed by atoms with Crippen molar-refractivity contribution < 1.29 is 9.53 Å². The maximum absolute atomic E-state index is 13.0. The summed E-state index contributed by atoms with van der Waals surface area (Å²) in [6.07, 6.45) is 5.06. The van der Waals surface area contributed by atoms with E-state index in [0.717, 1.165) is 54.0 Å². The van der Waals surface area contributed by atoms with Gasteiger partial charge < -0.3 is 9.64 Å². The van der Waals surface area contributed by atoms with E-state index in [1.165, 1.54) is 0 Å². The van der Waals surface area contributed by atoms with Crippen molar-refractivity contribution in [3.05, 3.63) is 90.3 Å². The highest BCUT2D eigenvalue weighted by atomic mass is 16.5. The molecular weight excluding hydrogens is 414 g/mol. The Morgan fingerprint density at radius 3 is 2.55 bits per heavy atom. The van der Waals surface area contributed by atoms with Crippen molar-refractivity contribution in [2.24, 2.45) is 5.10 Å². The van der Waals surface area contributed by atoms with Crippen LogP contribution in [0.15, 0.2) is 84.2 Å². The Bertz CT molecular complexity index is 1280. The van der Waals surface area contributed by atoms with E-state index in [4.69, 9.17) is 9.72 Å². The minimum absolute atomic E-state index is 0.287. The first-order valence-electron chi connectivity index (χ1n) is 10.8. The van der Waals surface area contributed by atoms with Crippen molar-refractivity contribution >= 4 is 28.7 Å². The lowest BCUT2D eigenvalue weighted by molar-refractivity contribution is 0.0956. The van der Waals surface area contributed by atoms with Gasteiger partial charge >= 0.3 is 0 Å². The number of hydrogen-bond acceptors (Lipinski definition) is 6. The van der Waals surface area contributed by atoms with E-state index in [-0.39, 0.29) is 5.91 Å². The zero-order valence-electron chi connectivity index (χ0n) is 18.0. The second-order valence-corrected chi connectivity index (χ2v) is 7.70. The van der Waals surface area contributed by atoms with Gasteiger partial charge in [0.1, 0.15) is 0 Å². The lowest BCUT2D eigenvalue weighted by Crippen LogP contribution is -2.36. The summed E-state index contributed by atoms with van der Waals surface area (Å²) in [5.74, 6) is -0.287. The number of ether oxygens (including phenoxy) is 1. The number of nitrogens with zero attached hydrogens (tertiary/aromatic N) is 4. The van der Waals surface area contributed by atoms with Crippen LogP contribution in [-0.4, -0.2) is 48.4 Å². The maximum Gasteiger partial charge on any atom is 0.272 e. The summed E-state index contributed by atoms with van der Waals surface area (Å²) in [7, 11) is 0. The molecule has 2 aromatic carbocycles. The molecule has 7 heteroatoms. The Hall–Kier alpha value is -4.10. The summed E-state index contributed by atoms with van der Waals surface area (Å²) in [5.41, 5.74) is 7.60. The Morgan fingerprint density at radius 2 is 1.76 bits per heavy atom. The van der Waals surface area contributed by atoms with Crippen LogP contribution in [0.1, 0.15) is 15.9 Å². The number of fused-ring (bicyclic) bond motifs is 1. The van der Waals surface area contributed by atoms with Gasteiger partial charge in [-0.1, -0.05) is 30.3 Å². The van der Waals surface area contributed by atoms with Crippen molar-refractivity contribution in [1.82, 2.24) is 15.4 Å². The monoisotopic (exact) mass is 437 g/mol. The second kappa shape index (κ2) is 9.58. The maximum atomic E-state index is 13.0. The SMILES string of the molecule is O=C(N/N=C\c1ccc(N2CCOCC2)cc1)c1cc(-c2ccncc2)nc2ccccc12. The van der Waals surface area contributed by atoms with Crippen LogP contribution in [0.2, 0.25) is 0 Å². The van der Waals surface area contributed by atoms with E-state index >= 15 is 0 Å². The normalized spacial score (nSPS) is 14.0. The predicted octanol–water partition coefficient (Wildman–Crippen LogP) is 3.90. The number of nitrogens with one attached hydrogen (secondary N) is 1. The number of aromatic nitrogens is 2. The number of pyridine rings is 2. The first kappa shape index (κ1) is 20.8. The molecular formula is C26H23N5O2. The number of carbonyl (C=O) groups excluding carboxylic acids is 1.